The highest BCUT2D eigenvalue weighted by Gasteiger charge is 2.21. The van der Waals surface area contributed by atoms with Gasteiger partial charge in [-0.15, -0.1) is 9.78 Å². The quantitative estimate of drug-likeness (QED) is 0.160. The molecule has 0 aliphatic rings. The molecular formula is C34H15Cl6N11O4. The second-order valence-corrected chi connectivity index (χ2v) is 13.5. The van der Waals surface area contributed by atoms with Crippen LogP contribution in [0.5, 0.6) is 23.0 Å². The lowest BCUT2D eigenvalue weighted by Gasteiger charge is -2.10. The Morgan fingerprint density at radius 1 is 0.764 bits per heavy atom. The number of H-pyrrole nitrogens is 1. The number of aromatic nitrogens is 9. The molecule has 4 aromatic carbocycles. The number of fused-ring (bicyclic) bond motifs is 3. The number of nitrogens with zero attached hydrogens (tertiary/aromatic N) is 10. The fourth-order valence-electron chi connectivity index (χ4n) is 5.16. The molecule has 0 unspecified atom stereocenters. The van der Waals surface area contributed by atoms with Gasteiger partial charge in [-0.25, -0.2) is 9.78 Å². The summed E-state index contributed by atoms with van der Waals surface area (Å²) in [5, 5.41) is 53.1. The predicted molar refractivity (Wildman–Crippen MR) is 204 cm³/mol. The lowest BCUT2D eigenvalue weighted by Crippen LogP contribution is -2.11. The number of rotatable bonds is 6. The molecule has 0 fully saturated rings. The molecule has 0 saturated carbocycles. The Morgan fingerprint density at radius 2 is 1.36 bits per heavy atom. The van der Waals surface area contributed by atoms with Gasteiger partial charge in [0.1, 0.15) is 51.3 Å². The molecule has 0 bridgehead atoms. The van der Waals surface area contributed by atoms with Crippen LogP contribution in [0.4, 0.5) is 4.79 Å². The highest BCUT2D eigenvalue weighted by Crippen LogP contribution is 2.41. The standard InChI is InChI=1S/C21H10Cl3N7O3.C13H5Cl3N4O/c22-11-6-10(8-25)17(24)16(7-11)34-19-13(23)3-4-14-18(19)29-30(27-14)9-15-12-2-1-5-26-20(12)31(28-15)21(32)33;14-7-3-6(5-17)11(16)10(4-7)21-13-8(15)1-2-9-12(13)19-20-18-9/h1-7H,9H2,(H,32,33);1-4H,(H,18,19,20). The zero-order valence-electron chi connectivity index (χ0n) is 27.0. The summed E-state index contributed by atoms with van der Waals surface area (Å²) in [4.78, 5) is 17.0. The van der Waals surface area contributed by atoms with Crippen LogP contribution in [0.25, 0.3) is 33.1 Å². The number of hydrogen-bond donors (Lipinski definition) is 2. The van der Waals surface area contributed by atoms with Crippen molar-refractivity contribution in [2.75, 3.05) is 0 Å². The highest BCUT2D eigenvalue weighted by atomic mass is 35.5. The van der Waals surface area contributed by atoms with Crippen LogP contribution in [0, 0.1) is 22.7 Å². The smallest absolute Gasteiger partial charge is 0.434 e. The van der Waals surface area contributed by atoms with E-state index >= 15 is 0 Å². The van der Waals surface area contributed by atoms with Crippen LogP contribution in [-0.4, -0.2) is 56.4 Å². The van der Waals surface area contributed by atoms with Crippen molar-refractivity contribution in [2.45, 2.75) is 6.54 Å². The van der Waals surface area contributed by atoms with Crippen LogP contribution in [0.3, 0.4) is 0 Å². The maximum atomic E-state index is 11.5. The molecular weight excluding hydrogens is 839 g/mol. The summed E-state index contributed by atoms with van der Waals surface area (Å²) in [5.74, 6) is 0.807. The van der Waals surface area contributed by atoms with Gasteiger partial charge in [0.25, 0.3) is 0 Å². The lowest BCUT2D eigenvalue weighted by atomic mass is 10.2. The minimum absolute atomic E-state index is 0.0602. The predicted octanol–water partition coefficient (Wildman–Crippen LogP) is 9.96. The molecule has 8 aromatic rings. The number of carboxylic acid groups (broad SMARTS) is 1. The second-order valence-electron chi connectivity index (χ2n) is 11.0. The van der Waals surface area contributed by atoms with Gasteiger partial charge in [-0.1, -0.05) is 69.6 Å². The molecule has 0 radical (unpaired) electrons. The van der Waals surface area contributed by atoms with Crippen molar-refractivity contribution in [2.24, 2.45) is 0 Å². The third-order valence-electron chi connectivity index (χ3n) is 7.56. The number of carbonyl (C=O) groups is 1. The number of pyridine rings is 1. The summed E-state index contributed by atoms with van der Waals surface area (Å²) in [6.07, 6.45) is 0.226. The molecule has 55 heavy (non-hydrogen) atoms. The molecule has 0 aliphatic heterocycles. The third-order valence-corrected chi connectivity index (χ3v) is 9.37. The van der Waals surface area contributed by atoms with Gasteiger partial charge >= 0.3 is 6.09 Å². The Balaban J connectivity index is 0.000000190. The van der Waals surface area contributed by atoms with Gasteiger partial charge < -0.3 is 14.6 Å². The van der Waals surface area contributed by atoms with E-state index < -0.39 is 6.09 Å². The van der Waals surface area contributed by atoms with Gasteiger partial charge in [0, 0.05) is 33.8 Å². The first-order chi connectivity index (χ1) is 26.4. The maximum absolute atomic E-state index is 11.5. The second kappa shape index (κ2) is 15.4. The van der Waals surface area contributed by atoms with Gasteiger partial charge in [-0.3, -0.25) is 0 Å². The average Bonchev–Trinajstić information content (AvgIpc) is 3.91. The minimum atomic E-state index is -1.26. The number of ether oxygens (including phenoxy) is 2. The van der Waals surface area contributed by atoms with Crippen molar-refractivity contribution in [3.05, 3.63) is 114 Å². The van der Waals surface area contributed by atoms with Crippen molar-refractivity contribution >= 4 is 109 Å². The number of hydrogen-bond acceptors (Lipinski definition) is 11. The Kier molecular flexibility index (Phi) is 10.5. The number of nitrogens with one attached hydrogen (secondary N) is 1. The van der Waals surface area contributed by atoms with E-state index in [4.69, 9.17) is 84.3 Å². The summed E-state index contributed by atoms with van der Waals surface area (Å²) >= 11 is 36.9. The molecule has 4 heterocycles. The fourth-order valence-corrected chi connectivity index (χ4v) is 6.34. The van der Waals surface area contributed by atoms with Crippen LogP contribution in [0.1, 0.15) is 16.8 Å². The molecule has 0 amide bonds. The fraction of sp³-hybridized carbons (Fsp3) is 0.0294. The van der Waals surface area contributed by atoms with E-state index in [9.17, 15) is 15.2 Å². The lowest BCUT2D eigenvalue weighted by molar-refractivity contribution is 0.193. The number of halogens is 6. The van der Waals surface area contributed by atoms with Crippen molar-refractivity contribution < 1.29 is 19.4 Å². The molecule has 2 N–H and O–H groups in total. The van der Waals surface area contributed by atoms with Gasteiger partial charge in [0.2, 0.25) is 0 Å². The highest BCUT2D eigenvalue weighted by molar-refractivity contribution is 6.36. The number of benzene rings is 4. The van der Waals surface area contributed by atoms with E-state index in [2.05, 4.69) is 35.7 Å². The van der Waals surface area contributed by atoms with E-state index in [0.29, 0.717) is 43.2 Å². The molecule has 4 aromatic heterocycles. The van der Waals surface area contributed by atoms with E-state index in [1.807, 2.05) is 12.1 Å². The summed E-state index contributed by atoms with van der Waals surface area (Å²) in [5.41, 5.74) is 2.80. The molecule has 0 atom stereocenters. The molecule has 8 rings (SSSR count). The average molecular weight is 854 g/mol. The number of aromatic amines is 1. The molecule has 272 valence electrons. The molecule has 0 spiro atoms. The zero-order chi connectivity index (χ0) is 39.0. The summed E-state index contributed by atoms with van der Waals surface area (Å²) in [6.45, 7) is 0.0602. The first-order valence-corrected chi connectivity index (χ1v) is 17.4. The van der Waals surface area contributed by atoms with Crippen LogP contribution in [0.2, 0.25) is 30.1 Å². The largest absolute Gasteiger partial charge is 0.463 e. The minimum Gasteiger partial charge on any atom is -0.463 e. The van der Waals surface area contributed by atoms with Gasteiger partial charge in [0.15, 0.2) is 28.2 Å². The normalized spacial score (nSPS) is 10.9. The Hall–Kier alpha value is -5.91. The SMILES string of the molecule is N#Cc1cc(Cl)cc(Oc2c(Cl)ccc3n[nH]nc23)c1Cl.N#Cc1cc(Cl)cc(Oc2c(Cl)ccc3nn(Cc4nn(C(=O)O)c5ncccc45)nc23)c1Cl. The molecule has 0 aliphatic carbocycles. The van der Waals surface area contributed by atoms with E-state index in [-0.39, 0.29) is 66.4 Å². The van der Waals surface area contributed by atoms with Crippen LogP contribution >= 0.6 is 69.6 Å². The van der Waals surface area contributed by atoms with Gasteiger partial charge in [-0.05, 0) is 48.5 Å². The third kappa shape index (κ3) is 7.45. The zero-order valence-corrected chi connectivity index (χ0v) is 31.5. The molecule has 15 nitrogen and oxygen atoms in total. The Labute approximate surface area is 337 Å². The maximum Gasteiger partial charge on any atom is 0.434 e. The van der Waals surface area contributed by atoms with Gasteiger partial charge in [0.05, 0.1) is 26.9 Å². The van der Waals surface area contributed by atoms with Crippen LogP contribution < -0.4 is 9.47 Å². The van der Waals surface area contributed by atoms with E-state index in [1.54, 1.807) is 36.4 Å². The number of nitriles is 2. The Bertz CT molecular complexity index is 2920. The van der Waals surface area contributed by atoms with Crippen LogP contribution in [-0.2, 0) is 6.54 Å². The summed E-state index contributed by atoms with van der Waals surface area (Å²) < 4.78 is 12.4. The van der Waals surface area contributed by atoms with Crippen molar-refractivity contribution in [1.29, 1.82) is 10.5 Å². The first-order valence-electron chi connectivity index (χ1n) is 15.2. The van der Waals surface area contributed by atoms with Crippen molar-refractivity contribution in [3.8, 4) is 35.1 Å². The summed E-state index contributed by atoms with van der Waals surface area (Å²) in [7, 11) is 0. The molecule has 0 saturated heterocycles. The van der Waals surface area contributed by atoms with Crippen molar-refractivity contribution in [1.82, 2.24) is 45.2 Å². The molecule has 21 heteroatoms. The van der Waals surface area contributed by atoms with Crippen molar-refractivity contribution in [3.63, 3.8) is 0 Å². The van der Waals surface area contributed by atoms with E-state index in [1.165, 1.54) is 35.3 Å². The Morgan fingerprint density at radius 3 is 1.96 bits per heavy atom. The summed E-state index contributed by atoms with van der Waals surface area (Å²) in [6, 6.07) is 19.7. The van der Waals surface area contributed by atoms with E-state index in [0.717, 1.165) is 4.68 Å². The topological polar surface area (TPSA) is 206 Å². The van der Waals surface area contributed by atoms with Crippen LogP contribution in [0.15, 0.2) is 66.9 Å². The monoisotopic (exact) mass is 851 g/mol. The van der Waals surface area contributed by atoms with Gasteiger partial charge in [-0.2, -0.15) is 40.9 Å². The first kappa shape index (κ1) is 37.4.